The molecule has 0 saturated heterocycles. The molecule has 0 saturated carbocycles. The van der Waals surface area contributed by atoms with Crippen LogP contribution in [-0.2, 0) is 0 Å². The summed E-state index contributed by atoms with van der Waals surface area (Å²) in [6, 6.07) is 17.9. The number of ether oxygens (including phenoxy) is 2. The van der Waals surface area contributed by atoms with Crippen LogP contribution >= 0.6 is 0 Å². The molecule has 3 aromatic rings. The molecule has 0 atom stereocenters. The predicted octanol–water partition coefficient (Wildman–Crippen LogP) is 3.43. The third kappa shape index (κ3) is 5.60. The van der Waals surface area contributed by atoms with Crippen LogP contribution in [0.4, 0.5) is 5.69 Å². The normalized spacial score (nSPS) is 10.5. The molecule has 0 aliphatic rings. The van der Waals surface area contributed by atoms with Crippen LogP contribution in [0.25, 0.3) is 0 Å². The smallest absolute Gasteiger partial charge is 0.271 e. The summed E-state index contributed by atoms with van der Waals surface area (Å²) in [7, 11) is 3.00. The van der Waals surface area contributed by atoms with Gasteiger partial charge in [0, 0.05) is 16.8 Å². The number of methoxy groups -OCH3 is 2. The van der Waals surface area contributed by atoms with Gasteiger partial charge in [-0.3, -0.25) is 9.59 Å². The van der Waals surface area contributed by atoms with E-state index in [0.717, 1.165) is 0 Å². The number of phenolic OH excluding ortho intramolecular Hbond substituents is 1. The molecule has 3 aromatic carbocycles. The van der Waals surface area contributed by atoms with Crippen molar-refractivity contribution in [3.8, 4) is 17.2 Å². The lowest BCUT2D eigenvalue weighted by Gasteiger charge is -2.07. The van der Waals surface area contributed by atoms with Gasteiger partial charge in [0.15, 0.2) is 11.5 Å². The van der Waals surface area contributed by atoms with Crippen molar-refractivity contribution in [3.05, 3.63) is 83.4 Å². The van der Waals surface area contributed by atoms with E-state index < -0.39 is 5.91 Å². The first-order chi connectivity index (χ1) is 15.0. The van der Waals surface area contributed by atoms with Gasteiger partial charge in [-0.15, -0.1) is 0 Å². The summed E-state index contributed by atoms with van der Waals surface area (Å²) in [5.41, 5.74) is 4.49. The summed E-state index contributed by atoms with van der Waals surface area (Å²) >= 11 is 0. The first kappa shape index (κ1) is 21.4. The summed E-state index contributed by atoms with van der Waals surface area (Å²) in [5.74, 6) is 0.313. The Morgan fingerprint density at radius 2 is 1.52 bits per heavy atom. The van der Waals surface area contributed by atoms with E-state index in [1.54, 1.807) is 67.8 Å². The highest BCUT2D eigenvalue weighted by Crippen LogP contribution is 2.25. The van der Waals surface area contributed by atoms with Crippen molar-refractivity contribution in [2.75, 3.05) is 19.5 Å². The summed E-state index contributed by atoms with van der Waals surface area (Å²) < 4.78 is 10.1. The highest BCUT2D eigenvalue weighted by atomic mass is 16.5. The molecular weight excluding hydrogens is 398 g/mol. The van der Waals surface area contributed by atoms with E-state index in [4.69, 9.17) is 9.47 Å². The number of rotatable bonds is 7. The summed E-state index contributed by atoms with van der Waals surface area (Å²) in [6.45, 7) is 0. The van der Waals surface area contributed by atoms with Crippen molar-refractivity contribution >= 4 is 23.7 Å². The zero-order valence-corrected chi connectivity index (χ0v) is 17.0. The second-order valence-electron chi connectivity index (χ2n) is 6.39. The lowest BCUT2D eigenvalue weighted by molar-refractivity contribution is 0.0954. The second-order valence-corrected chi connectivity index (χ2v) is 6.39. The minimum atomic E-state index is -0.407. The summed E-state index contributed by atoms with van der Waals surface area (Å²) in [4.78, 5) is 24.5. The predicted molar refractivity (Wildman–Crippen MR) is 117 cm³/mol. The van der Waals surface area contributed by atoms with Gasteiger partial charge in [-0.25, -0.2) is 5.43 Å². The van der Waals surface area contributed by atoms with Crippen LogP contribution in [0, 0.1) is 0 Å². The number of amides is 2. The second kappa shape index (κ2) is 9.93. The molecule has 8 heteroatoms. The number of anilines is 1. The number of benzene rings is 3. The minimum absolute atomic E-state index is 0.0165. The Hall–Kier alpha value is -4.33. The number of phenols is 1. The van der Waals surface area contributed by atoms with E-state index in [0.29, 0.717) is 33.9 Å². The molecule has 0 unspecified atom stereocenters. The number of nitrogens with zero attached hydrogens (tertiary/aromatic N) is 1. The van der Waals surface area contributed by atoms with Crippen LogP contribution in [0.2, 0.25) is 0 Å². The number of hydrazone groups is 1. The summed E-state index contributed by atoms with van der Waals surface area (Å²) in [6.07, 6.45) is 1.43. The van der Waals surface area contributed by atoms with Crippen molar-refractivity contribution in [1.82, 2.24) is 5.43 Å². The van der Waals surface area contributed by atoms with Gasteiger partial charge in [-0.05, 0) is 72.3 Å². The maximum absolute atomic E-state index is 12.3. The SMILES string of the molecule is COc1ccc(C(=O)Nc2ccc(C(=O)N/N=C\c3ccc(O)c(OC)c3)cc2)cc1. The van der Waals surface area contributed by atoms with Crippen LogP contribution in [0.1, 0.15) is 26.3 Å². The van der Waals surface area contributed by atoms with Crippen LogP contribution in [0.3, 0.4) is 0 Å². The lowest BCUT2D eigenvalue weighted by Crippen LogP contribution is -2.17. The van der Waals surface area contributed by atoms with Crippen molar-refractivity contribution < 1.29 is 24.2 Å². The van der Waals surface area contributed by atoms with Gasteiger partial charge < -0.3 is 19.9 Å². The molecule has 0 bridgehead atoms. The van der Waals surface area contributed by atoms with Gasteiger partial charge >= 0.3 is 0 Å². The number of hydrogen-bond donors (Lipinski definition) is 3. The van der Waals surface area contributed by atoms with Crippen molar-refractivity contribution in [3.63, 3.8) is 0 Å². The quantitative estimate of drug-likeness (QED) is 0.402. The van der Waals surface area contributed by atoms with Crippen LogP contribution in [0.15, 0.2) is 71.8 Å². The van der Waals surface area contributed by atoms with Gasteiger partial charge in [0.25, 0.3) is 11.8 Å². The maximum Gasteiger partial charge on any atom is 0.271 e. The highest BCUT2D eigenvalue weighted by Gasteiger charge is 2.08. The minimum Gasteiger partial charge on any atom is -0.504 e. The number of carbonyl (C=O) groups excluding carboxylic acids is 2. The van der Waals surface area contributed by atoms with Gasteiger partial charge in [0.05, 0.1) is 20.4 Å². The van der Waals surface area contributed by atoms with Crippen molar-refractivity contribution in [2.45, 2.75) is 0 Å². The van der Waals surface area contributed by atoms with Gasteiger partial charge in [0.2, 0.25) is 0 Å². The van der Waals surface area contributed by atoms with E-state index >= 15 is 0 Å². The zero-order valence-electron chi connectivity index (χ0n) is 17.0. The number of nitrogens with one attached hydrogen (secondary N) is 2. The molecule has 158 valence electrons. The first-order valence-corrected chi connectivity index (χ1v) is 9.26. The zero-order chi connectivity index (χ0) is 22.2. The van der Waals surface area contributed by atoms with Crippen molar-refractivity contribution in [1.29, 1.82) is 0 Å². The molecule has 0 aliphatic heterocycles. The van der Waals surface area contributed by atoms with E-state index in [9.17, 15) is 14.7 Å². The molecule has 0 fully saturated rings. The largest absolute Gasteiger partial charge is 0.504 e. The lowest BCUT2D eigenvalue weighted by atomic mass is 10.1. The molecular formula is C23H21N3O5. The fourth-order valence-electron chi connectivity index (χ4n) is 2.66. The third-order valence-electron chi connectivity index (χ3n) is 4.34. The van der Waals surface area contributed by atoms with Gasteiger partial charge in [0.1, 0.15) is 5.75 Å². The molecule has 0 aliphatic carbocycles. The Morgan fingerprint density at radius 3 is 2.16 bits per heavy atom. The standard InChI is InChI=1S/C23H21N3O5/c1-30-19-10-6-16(7-11-19)22(28)25-18-8-4-17(5-9-18)23(29)26-24-14-15-3-12-20(27)21(13-15)31-2/h3-14,27H,1-2H3,(H,25,28)(H,26,29)/b24-14-. The molecule has 3 rings (SSSR count). The maximum atomic E-state index is 12.3. The van der Waals surface area contributed by atoms with Gasteiger partial charge in [-0.2, -0.15) is 5.10 Å². The molecule has 3 N–H and O–H groups in total. The van der Waals surface area contributed by atoms with Gasteiger partial charge in [-0.1, -0.05) is 0 Å². The van der Waals surface area contributed by atoms with Crippen molar-refractivity contribution in [2.24, 2.45) is 5.10 Å². The van der Waals surface area contributed by atoms with Crippen LogP contribution in [-0.4, -0.2) is 37.4 Å². The molecule has 31 heavy (non-hydrogen) atoms. The van der Waals surface area contributed by atoms with E-state index in [2.05, 4.69) is 15.8 Å². The van der Waals surface area contributed by atoms with E-state index in [1.807, 2.05) is 0 Å². The monoisotopic (exact) mass is 419 g/mol. The topological polar surface area (TPSA) is 109 Å². The molecule has 2 amide bonds. The number of aromatic hydroxyl groups is 1. The molecule has 0 spiro atoms. The van der Waals surface area contributed by atoms with E-state index in [1.165, 1.54) is 19.4 Å². The number of hydrogen-bond acceptors (Lipinski definition) is 6. The van der Waals surface area contributed by atoms with E-state index in [-0.39, 0.29) is 11.7 Å². The summed E-state index contributed by atoms with van der Waals surface area (Å²) in [5, 5.41) is 16.3. The highest BCUT2D eigenvalue weighted by molar-refractivity contribution is 6.04. The molecule has 8 nitrogen and oxygen atoms in total. The van der Waals surface area contributed by atoms with Crippen LogP contribution in [0.5, 0.6) is 17.2 Å². The molecule has 0 heterocycles. The Labute approximate surface area is 179 Å². The average molecular weight is 419 g/mol. The fourth-order valence-corrected chi connectivity index (χ4v) is 2.66. The Kier molecular flexibility index (Phi) is 6.85. The molecule has 0 radical (unpaired) electrons. The average Bonchev–Trinajstić information content (AvgIpc) is 2.80. The Morgan fingerprint density at radius 1 is 0.871 bits per heavy atom. The Bertz CT molecular complexity index is 1090. The third-order valence-corrected chi connectivity index (χ3v) is 4.34. The fraction of sp³-hybridized carbons (Fsp3) is 0.0870. The molecule has 0 aromatic heterocycles. The van der Waals surface area contributed by atoms with Crippen LogP contribution < -0.4 is 20.2 Å². The Balaban J connectivity index is 1.57. The number of carbonyl (C=O) groups is 2. The first-order valence-electron chi connectivity index (χ1n) is 9.26.